The summed E-state index contributed by atoms with van der Waals surface area (Å²) in [5.41, 5.74) is 10.5. The van der Waals surface area contributed by atoms with E-state index in [0.29, 0.717) is 0 Å². The van der Waals surface area contributed by atoms with Gasteiger partial charge in [-0.3, -0.25) is 19.9 Å². The van der Waals surface area contributed by atoms with Crippen molar-refractivity contribution in [1.82, 2.24) is 4.90 Å². The van der Waals surface area contributed by atoms with Gasteiger partial charge in [0.25, 0.3) is 0 Å². The van der Waals surface area contributed by atoms with Gasteiger partial charge in [0.05, 0.1) is 11.4 Å². The van der Waals surface area contributed by atoms with Crippen molar-refractivity contribution >= 4 is 24.7 Å². The third kappa shape index (κ3) is 9.19. The molecular formula is C37H52N4. The molecule has 0 spiro atoms. The molecule has 0 amide bonds. The van der Waals surface area contributed by atoms with E-state index in [0.717, 1.165) is 79.8 Å². The molecule has 0 N–H and O–H groups in total. The van der Waals surface area contributed by atoms with E-state index < -0.39 is 0 Å². The second-order valence-electron chi connectivity index (χ2n) is 11.9. The van der Waals surface area contributed by atoms with Gasteiger partial charge in [0.1, 0.15) is 0 Å². The Balaban J connectivity index is 1.77. The van der Waals surface area contributed by atoms with E-state index in [9.17, 15) is 0 Å². The van der Waals surface area contributed by atoms with Crippen LogP contribution in [0.5, 0.6) is 0 Å². The summed E-state index contributed by atoms with van der Waals surface area (Å²) >= 11 is 0. The first kappa shape index (κ1) is 32.4. The molecule has 1 aliphatic heterocycles. The maximum atomic E-state index is 4.96. The number of allylic oxidation sites excluding steroid dienone is 2. The monoisotopic (exact) mass is 552 g/mol. The smallest absolute Gasteiger partial charge is 0.0754 e. The van der Waals surface area contributed by atoms with Gasteiger partial charge in [0, 0.05) is 38.5 Å². The Bertz CT molecular complexity index is 1270. The minimum absolute atomic E-state index is 0.722. The fourth-order valence-corrected chi connectivity index (χ4v) is 5.90. The largest absolute Gasteiger partial charge is 0.297 e. The van der Waals surface area contributed by atoms with Crippen LogP contribution in [0.25, 0.3) is 16.7 Å². The summed E-state index contributed by atoms with van der Waals surface area (Å²) in [5.74, 6) is 1.47. The summed E-state index contributed by atoms with van der Waals surface area (Å²) in [5, 5.41) is 0. The lowest BCUT2D eigenvalue weighted by Gasteiger charge is -2.17. The molecule has 41 heavy (non-hydrogen) atoms. The number of nitrogens with zero attached hydrogens (tertiary/aromatic N) is 4. The Kier molecular flexibility index (Phi) is 12.9. The molecule has 4 heteroatoms. The zero-order valence-electron chi connectivity index (χ0n) is 26.5. The standard InChI is InChI=1S/C37H52N4/c1-9-13-27(3)18-21-39-24-29(5)33-15-12-17-35(31(33)7)34-16-11-14-32(30(34)6)19-22-40-37(36(10-2)38-8)26-41-23-20-28(4)25-41/h11-12,14-17,22,24,27-28H,5,8-10,13,18-21,23,25-26H2,1-4,6-7H3/b37-36-,39-24-,40-22-. The van der Waals surface area contributed by atoms with Gasteiger partial charge in [-0.2, -0.15) is 0 Å². The van der Waals surface area contributed by atoms with E-state index in [4.69, 9.17) is 9.98 Å². The highest BCUT2D eigenvalue weighted by Gasteiger charge is 2.20. The zero-order valence-corrected chi connectivity index (χ0v) is 26.5. The van der Waals surface area contributed by atoms with Gasteiger partial charge < -0.3 is 0 Å². The number of aliphatic imine (C=N–C) groups is 3. The van der Waals surface area contributed by atoms with Crippen LogP contribution in [-0.2, 0) is 6.42 Å². The van der Waals surface area contributed by atoms with Crippen molar-refractivity contribution in [2.75, 3.05) is 26.2 Å². The van der Waals surface area contributed by atoms with Crippen LogP contribution in [0.4, 0.5) is 0 Å². The Hall–Kier alpha value is -3.11. The van der Waals surface area contributed by atoms with Crippen LogP contribution >= 0.6 is 0 Å². The molecular weight excluding hydrogens is 500 g/mol. The minimum Gasteiger partial charge on any atom is -0.297 e. The van der Waals surface area contributed by atoms with Crippen LogP contribution in [-0.4, -0.2) is 50.2 Å². The Morgan fingerprint density at radius 1 is 1.05 bits per heavy atom. The number of benzene rings is 2. The van der Waals surface area contributed by atoms with Crippen LogP contribution in [0.15, 0.2) is 69.3 Å². The fraction of sp³-hybridized carbons (Fsp3) is 0.486. The third-order valence-electron chi connectivity index (χ3n) is 8.49. The number of hydrogen-bond donors (Lipinski definition) is 0. The Morgan fingerprint density at radius 2 is 1.78 bits per heavy atom. The Labute approximate surface area is 250 Å². The van der Waals surface area contributed by atoms with Gasteiger partial charge in [-0.25, -0.2) is 0 Å². The van der Waals surface area contributed by atoms with Gasteiger partial charge >= 0.3 is 0 Å². The molecule has 2 atom stereocenters. The first-order valence-corrected chi connectivity index (χ1v) is 15.6. The lowest BCUT2D eigenvalue weighted by atomic mass is 9.89. The topological polar surface area (TPSA) is 40.3 Å². The van der Waals surface area contributed by atoms with Gasteiger partial charge in [-0.05, 0) is 97.2 Å². The van der Waals surface area contributed by atoms with Gasteiger partial charge in [-0.15, -0.1) is 0 Å². The molecule has 0 saturated carbocycles. The van der Waals surface area contributed by atoms with E-state index in [-0.39, 0.29) is 0 Å². The molecule has 0 aromatic heterocycles. The van der Waals surface area contributed by atoms with E-state index in [1.807, 2.05) is 6.21 Å². The van der Waals surface area contributed by atoms with Crippen LogP contribution in [0.1, 0.15) is 82.1 Å². The van der Waals surface area contributed by atoms with E-state index in [2.05, 4.69) is 107 Å². The third-order valence-corrected chi connectivity index (χ3v) is 8.49. The van der Waals surface area contributed by atoms with E-state index >= 15 is 0 Å². The van der Waals surface area contributed by atoms with E-state index in [1.165, 1.54) is 47.1 Å². The fourth-order valence-electron chi connectivity index (χ4n) is 5.90. The summed E-state index contributed by atoms with van der Waals surface area (Å²) in [6, 6.07) is 13.1. The lowest BCUT2D eigenvalue weighted by molar-refractivity contribution is 0.353. The molecule has 1 heterocycles. The van der Waals surface area contributed by atoms with Gasteiger partial charge in [-0.1, -0.05) is 83.5 Å². The maximum Gasteiger partial charge on any atom is 0.0754 e. The average molecular weight is 553 g/mol. The molecule has 3 rings (SSSR count). The summed E-state index contributed by atoms with van der Waals surface area (Å²) in [6.07, 6.45) is 10.5. The van der Waals surface area contributed by atoms with Crippen LogP contribution in [0, 0.1) is 25.7 Å². The predicted molar refractivity (Wildman–Crippen MR) is 182 cm³/mol. The van der Waals surface area contributed by atoms with Crippen molar-refractivity contribution in [2.24, 2.45) is 26.8 Å². The molecule has 0 bridgehead atoms. The first-order valence-electron chi connectivity index (χ1n) is 15.6. The molecule has 1 aliphatic rings. The zero-order chi connectivity index (χ0) is 29.8. The number of rotatable bonds is 15. The summed E-state index contributed by atoms with van der Waals surface area (Å²) in [4.78, 5) is 16.5. The van der Waals surface area contributed by atoms with Crippen molar-refractivity contribution in [3.05, 3.63) is 76.6 Å². The van der Waals surface area contributed by atoms with Crippen molar-refractivity contribution < 1.29 is 0 Å². The summed E-state index contributed by atoms with van der Waals surface area (Å²) < 4.78 is 0. The molecule has 0 radical (unpaired) electrons. The minimum atomic E-state index is 0.722. The van der Waals surface area contributed by atoms with Crippen LogP contribution in [0.3, 0.4) is 0 Å². The number of hydrogen-bond acceptors (Lipinski definition) is 4. The molecule has 1 saturated heterocycles. The van der Waals surface area contributed by atoms with Crippen molar-refractivity contribution in [3.8, 4) is 11.1 Å². The molecule has 0 aliphatic carbocycles. The molecule has 2 unspecified atom stereocenters. The summed E-state index contributed by atoms with van der Waals surface area (Å²) in [6.45, 7) is 25.6. The van der Waals surface area contributed by atoms with Crippen molar-refractivity contribution in [3.63, 3.8) is 0 Å². The second-order valence-corrected chi connectivity index (χ2v) is 11.9. The second kappa shape index (κ2) is 16.4. The normalized spacial score (nSPS) is 17.4. The molecule has 2 aromatic carbocycles. The molecule has 2 aromatic rings. The SMILES string of the molecule is C=N/C(CC)=C(CN1CCC(C)C1)\N=C/Cc1cccc(-c2cccc(C(=C)/C=N\CCC(C)CCC)c2C)c1C. The highest BCUT2D eigenvalue weighted by atomic mass is 15.2. The average Bonchev–Trinajstić information content (AvgIpc) is 3.37. The van der Waals surface area contributed by atoms with Crippen LogP contribution < -0.4 is 0 Å². The number of likely N-dealkylation sites (tertiary alicyclic amines) is 1. The quantitative estimate of drug-likeness (QED) is 0.203. The Morgan fingerprint density at radius 3 is 2.44 bits per heavy atom. The first-order chi connectivity index (χ1) is 19.8. The molecule has 1 fully saturated rings. The van der Waals surface area contributed by atoms with Crippen molar-refractivity contribution in [1.29, 1.82) is 0 Å². The highest BCUT2D eigenvalue weighted by molar-refractivity contribution is 6.09. The lowest BCUT2D eigenvalue weighted by Crippen LogP contribution is -2.23. The molecule has 4 nitrogen and oxygen atoms in total. The highest BCUT2D eigenvalue weighted by Crippen LogP contribution is 2.32. The molecule has 220 valence electrons. The predicted octanol–water partition coefficient (Wildman–Crippen LogP) is 9.16. The van der Waals surface area contributed by atoms with Crippen molar-refractivity contribution in [2.45, 2.75) is 80.1 Å². The summed E-state index contributed by atoms with van der Waals surface area (Å²) in [7, 11) is 0. The van der Waals surface area contributed by atoms with Gasteiger partial charge in [0.2, 0.25) is 0 Å². The maximum absolute atomic E-state index is 4.96. The van der Waals surface area contributed by atoms with Gasteiger partial charge in [0.15, 0.2) is 0 Å². The van der Waals surface area contributed by atoms with E-state index in [1.54, 1.807) is 0 Å². The van der Waals surface area contributed by atoms with Crippen LogP contribution in [0.2, 0.25) is 0 Å².